The minimum Gasteiger partial charge on any atom is -0.375 e. The van der Waals surface area contributed by atoms with Gasteiger partial charge in [-0.05, 0) is 59.6 Å². The first-order valence-corrected chi connectivity index (χ1v) is 7.69. The molecular weight excluding hydrogens is 352 g/mol. The van der Waals surface area contributed by atoms with Gasteiger partial charge in [0, 0.05) is 15.2 Å². The van der Waals surface area contributed by atoms with Crippen LogP contribution in [0.4, 0.5) is 11.4 Å². The van der Waals surface area contributed by atoms with Gasteiger partial charge in [0.1, 0.15) is 0 Å². The lowest BCUT2D eigenvalue weighted by Gasteiger charge is -2.11. The molecule has 2 aromatic carbocycles. The van der Waals surface area contributed by atoms with Crippen LogP contribution in [0.15, 0.2) is 40.9 Å². The van der Waals surface area contributed by atoms with Crippen LogP contribution in [0.5, 0.6) is 0 Å². The second-order valence-corrected chi connectivity index (χ2v) is 6.11. The highest BCUT2D eigenvalue weighted by molar-refractivity contribution is 9.10. The lowest BCUT2D eigenvalue weighted by molar-refractivity contribution is -0.114. The summed E-state index contributed by atoms with van der Waals surface area (Å²) in [6, 6.07) is 11.4. The fraction of sp³-hybridized carbons (Fsp3) is 0.188. The number of benzene rings is 2. The molecule has 2 N–H and O–H groups in total. The van der Waals surface area contributed by atoms with E-state index in [2.05, 4.69) is 26.6 Å². The zero-order valence-electron chi connectivity index (χ0n) is 11.8. The molecule has 0 spiro atoms. The fourth-order valence-electron chi connectivity index (χ4n) is 1.80. The maximum absolute atomic E-state index is 11.9. The van der Waals surface area contributed by atoms with Gasteiger partial charge in [0.2, 0.25) is 5.91 Å². The van der Waals surface area contributed by atoms with E-state index in [9.17, 15) is 4.79 Å². The zero-order chi connectivity index (χ0) is 15.4. The van der Waals surface area contributed by atoms with Crippen molar-refractivity contribution >= 4 is 44.8 Å². The molecule has 0 aromatic heterocycles. The SMILES string of the molecule is Cc1ccc(NC(=O)CNc2cc(Cl)c(C)cc2Br)cc1. The predicted octanol–water partition coefficient (Wildman–Crippen LogP) is 4.77. The lowest BCUT2D eigenvalue weighted by atomic mass is 10.2. The lowest BCUT2D eigenvalue weighted by Crippen LogP contribution is -2.21. The molecule has 2 aromatic rings. The molecule has 0 saturated heterocycles. The Morgan fingerprint density at radius 1 is 1.19 bits per heavy atom. The van der Waals surface area contributed by atoms with Crippen LogP contribution in [0.3, 0.4) is 0 Å². The largest absolute Gasteiger partial charge is 0.375 e. The van der Waals surface area contributed by atoms with Gasteiger partial charge in [-0.25, -0.2) is 0 Å². The Bertz CT molecular complexity index is 656. The second-order valence-electron chi connectivity index (χ2n) is 4.85. The van der Waals surface area contributed by atoms with Crippen LogP contribution in [0.25, 0.3) is 0 Å². The van der Waals surface area contributed by atoms with Crippen molar-refractivity contribution in [2.75, 3.05) is 17.2 Å². The molecule has 0 aliphatic heterocycles. The Morgan fingerprint density at radius 3 is 2.52 bits per heavy atom. The number of amides is 1. The van der Waals surface area contributed by atoms with Gasteiger partial charge in [0.15, 0.2) is 0 Å². The fourth-order valence-corrected chi connectivity index (χ4v) is 2.56. The van der Waals surface area contributed by atoms with E-state index in [1.54, 1.807) is 6.07 Å². The summed E-state index contributed by atoms with van der Waals surface area (Å²) in [7, 11) is 0. The molecule has 0 radical (unpaired) electrons. The Kier molecular flexibility index (Phi) is 5.26. The number of carbonyl (C=O) groups excluding carboxylic acids is 1. The van der Waals surface area contributed by atoms with Crippen LogP contribution in [-0.2, 0) is 4.79 Å². The van der Waals surface area contributed by atoms with Crippen LogP contribution in [0.2, 0.25) is 5.02 Å². The Labute approximate surface area is 137 Å². The van der Waals surface area contributed by atoms with Crippen molar-refractivity contribution in [3.05, 3.63) is 57.0 Å². The van der Waals surface area contributed by atoms with E-state index in [0.717, 1.165) is 27.0 Å². The molecule has 3 nitrogen and oxygen atoms in total. The number of nitrogens with one attached hydrogen (secondary N) is 2. The topological polar surface area (TPSA) is 41.1 Å². The number of anilines is 2. The van der Waals surface area contributed by atoms with Crippen molar-refractivity contribution in [1.82, 2.24) is 0 Å². The Morgan fingerprint density at radius 2 is 1.86 bits per heavy atom. The Balaban J connectivity index is 1.95. The monoisotopic (exact) mass is 366 g/mol. The van der Waals surface area contributed by atoms with Crippen LogP contribution >= 0.6 is 27.5 Å². The minimum atomic E-state index is -0.109. The van der Waals surface area contributed by atoms with Gasteiger partial charge in [-0.2, -0.15) is 0 Å². The van der Waals surface area contributed by atoms with Gasteiger partial charge in [0.25, 0.3) is 0 Å². The molecule has 5 heteroatoms. The van der Waals surface area contributed by atoms with Crippen molar-refractivity contribution in [3.63, 3.8) is 0 Å². The number of hydrogen-bond acceptors (Lipinski definition) is 2. The van der Waals surface area contributed by atoms with Gasteiger partial charge in [0.05, 0.1) is 12.2 Å². The number of halogens is 2. The summed E-state index contributed by atoms with van der Waals surface area (Å²) < 4.78 is 0.882. The molecule has 110 valence electrons. The molecule has 0 aliphatic carbocycles. The van der Waals surface area contributed by atoms with Gasteiger partial charge >= 0.3 is 0 Å². The van der Waals surface area contributed by atoms with Crippen LogP contribution < -0.4 is 10.6 Å². The molecule has 0 unspecified atom stereocenters. The summed E-state index contributed by atoms with van der Waals surface area (Å²) in [6.07, 6.45) is 0. The van der Waals surface area contributed by atoms with Crippen LogP contribution in [0, 0.1) is 13.8 Å². The third kappa shape index (κ3) is 4.48. The molecule has 0 fully saturated rings. The Hall–Kier alpha value is -1.52. The maximum atomic E-state index is 11.9. The third-order valence-electron chi connectivity index (χ3n) is 3.02. The van der Waals surface area contributed by atoms with E-state index < -0.39 is 0 Å². The number of rotatable bonds is 4. The van der Waals surface area contributed by atoms with E-state index in [4.69, 9.17) is 11.6 Å². The summed E-state index contributed by atoms with van der Waals surface area (Å²) in [5, 5.41) is 6.57. The average Bonchev–Trinajstić information content (AvgIpc) is 2.44. The van der Waals surface area contributed by atoms with Crippen molar-refractivity contribution in [1.29, 1.82) is 0 Å². The van der Waals surface area contributed by atoms with E-state index in [1.165, 1.54) is 0 Å². The first-order chi connectivity index (χ1) is 9.95. The molecule has 0 saturated carbocycles. The van der Waals surface area contributed by atoms with Crippen molar-refractivity contribution in [3.8, 4) is 0 Å². The summed E-state index contributed by atoms with van der Waals surface area (Å²) >= 11 is 9.54. The normalized spacial score (nSPS) is 10.3. The van der Waals surface area contributed by atoms with Crippen LogP contribution in [-0.4, -0.2) is 12.5 Å². The zero-order valence-corrected chi connectivity index (χ0v) is 14.2. The van der Waals surface area contributed by atoms with Crippen molar-refractivity contribution < 1.29 is 4.79 Å². The summed E-state index contributed by atoms with van der Waals surface area (Å²) in [4.78, 5) is 11.9. The highest BCUT2D eigenvalue weighted by Gasteiger charge is 2.07. The maximum Gasteiger partial charge on any atom is 0.243 e. The first kappa shape index (κ1) is 15.9. The van der Waals surface area contributed by atoms with Crippen molar-refractivity contribution in [2.45, 2.75) is 13.8 Å². The third-order valence-corrected chi connectivity index (χ3v) is 4.09. The number of carbonyl (C=O) groups is 1. The summed E-state index contributed by atoms with van der Waals surface area (Å²) in [5.41, 5.74) is 3.72. The first-order valence-electron chi connectivity index (χ1n) is 6.52. The highest BCUT2D eigenvalue weighted by Crippen LogP contribution is 2.28. The van der Waals surface area contributed by atoms with Gasteiger partial charge in [-0.15, -0.1) is 0 Å². The van der Waals surface area contributed by atoms with Crippen molar-refractivity contribution in [2.24, 2.45) is 0 Å². The number of hydrogen-bond donors (Lipinski definition) is 2. The molecule has 0 heterocycles. The molecular formula is C16H16BrClN2O. The standard InChI is InChI=1S/C16H16BrClN2O/c1-10-3-5-12(6-4-10)20-16(21)9-19-15-8-14(18)11(2)7-13(15)17/h3-8,19H,9H2,1-2H3,(H,20,21). The van der Waals surface area contributed by atoms with Gasteiger partial charge in [-0.1, -0.05) is 29.3 Å². The quantitative estimate of drug-likeness (QED) is 0.817. The molecule has 0 bridgehead atoms. The molecule has 0 atom stereocenters. The van der Waals surface area contributed by atoms with Gasteiger partial charge < -0.3 is 10.6 Å². The van der Waals surface area contributed by atoms with E-state index >= 15 is 0 Å². The highest BCUT2D eigenvalue weighted by atomic mass is 79.9. The molecule has 1 amide bonds. The second kappa shape index (κ2) is 6.96. The van der Waals surface area contributed by atoms with E-state index in [-0.39, 0.29) is 12.5 Å². The molecule has 0 aliphatic rings. The average molecular weight is 368 g/mol. The predicted molar refractivity (Wildman–Crippen MR) is 92.2 cm³/mol. The minimum absolute atomic E-state index is 0.109. The van der Waals surface area contributed by atoms with E-state index in [0.29, 0.717) is 5.02 Å². The summed E-state index contributed by atoms with van der Waals surface area (Å²) in [6.45, 7) is 4.11. The number of aryl methyl sites for hydroxylation is 2. The van der Waals surface area contributed by atoms with Crippen LogP contribution in [0.1, 0.15) is 11.1 Å². The smallest absolute Gasteiger partial charge is 0.243 e. The molecule has 21 heavy (non-hydrogen) atoms. The van der Waals surface area contributed by atoms with Gasteiger partial charge in [-0.3, -0.25) is 4.79 Å². The summed E-state index contributed by atoms with van der Waals surface area (Å²) in [5.74, 6) is -0.109. The van der Waals surface area contributed by atoms with E-state index in [1.807, 2.05) is 44.2 Å². The molecule has 2 rings (SSSR count).